The van der Waals surface area contributed by atoms with Gasteiger partial charge in [-0.1, -0.05) is 0 Å². The lowest BCUT2D eigenvalue weighted by Gasteiger charge is -2.37. The maximum absolute atomic E-state index is 12.7. The van der Waals surface area contributed by atoms with Gasteiger partial charge in [0.15, 0.2) is 5.69 Å². The number of alkyl halides is 3. The quantitative estimate of drug-likeness (QED) is 0.769. The molecule has 29 heavy (non-hydrogen) atoms. The SMILES string of the molecule is COC1CN(C(=O)c2ncc(S(=O)(=O)c3ccc(OC(F)(F)F)cc3)cc2N)C1. The smallest absolute Gasteiger partial charge is 0.406 e. The van der Waals surface area contributed by atoms with Crippen LogP contribution in [-0.4, -0.2) is 56.9 Å². The van der Waals surface area contributed by atoms with Crippen molar-refractivity contribution < 1.29 is 35.9 Å². The number of halogens is 3. The molecule has 0 spiro atoms. The van der Waals surface area contributed by atoms with Gasteiger partial charge < -0.3 is 20.1 Å². The van der Waals surface area contributed by atoms with Gasteiger partial charge in [-0.2, -0.15) is 0 Å². The third-order valence-corrected chi connectivity index (χ3v) is 5.98. The van der Waals surface area contributed by atoms with Crippen molar-refractivity contribution in [2.24, 2.45) is 0 Å². The Morgan fingerprint density at radius 1 is 1.21 bits per heavy atom. The van der Waals surface area contributed by atoms with Crippen molar-refractivity contribution in [3.63, 3.8) is 0 Å². The number of benzene rings is 1. The van der Waals surface area contributed by atoms with Crippen molar-refractivity contribution in [3.8, 4) is 5.75 Å². The summed E-state index contributed by atoms with van der Waals surface area (Å²) in [6, 6.07) is 4.78. The van der Waals surface area contributed by atoms with E-state index in [2.05, 4.69) is 9.72 Å². The lowest BCUT2D eigenvalue weighted by molar-refractivity contribution is -0.274. The van der Waals surface area contributed by atoms with Crippen LogP contribution in [0.1, 0.15) is 10.5 Å². The van der Waals surface area contributed by atoms with Crippen LogP contribution in [0.2, 0.25) is 0 Å². The second kappa shape index (κ2) is 7.52. The molecule has 12 heteroatoms. The normalized spacial score (nSPS) is 15.1. The third-order valence-electron chi connectivity index (χ3n) is 4.24. The van der Waals surface area contributed by atoms with Gasteiger partial charge in [0.1, 0.15) is 5.75 Å². The number of pyridine rings is 1. The second-order valence-corrected chi connectivity index (χ2v) is 8.15. The van der Waals surface area contributed by atoms with E-state index in [0.29, 0.717) is 13.1 Å². The van der Waals surface area contributed by atoms with E-state index in [1.165, 1.54) is 12.0 Å². The Morgan fingerprint density at radius 3 is 2.34 bits per heavy atom. The highest BCUT2D eigenvalue weighted by atomic mass is 32.2. The largest absolute Gasteiger partial charge is 0.573 e. The standard InChI is InChI=1S/C17H16F3N3O5S/c1-27-11-8-23(9-11)16(24)15-14(21)6-13(7-22-15)29(25,26)12-4-2-10(3-5-12)28-17(18,19)20/h2-7,11H,8-9,21H2,1H3. The number of methoxy groups -OCH3 is 1. The van der Waals surface area contributed by atoms with Crippen LogP contribution in [0.15, 0.2) is 46.3 Å². The molecule has 8 nitrogen and oxygen atoms in total. The molecule has 2 N–H and O–H groups in total. The number of ether oxygens (including phenoxy) is 2. The summed E-state index contributed by atoms with van der Waals surface area (Å²) >= 11 is 0. The van der Waals surface area contributed by atoms with Gasteiger partial charge >= 0.3 is 6.36 Å². The van der Waals surface area contributed by atoms with Crippen molar-refractivity contribution in [2.75, 3.05) is 25.9 Å². The lowest BCUT2D eigenvalue weighted by atomic mass is 10.1. The van der Waals surface area contributed by atoms with E-state index in [4.69, 9.17) is 10.5 Å². The van der Waals surface area contributed by atoms with Gasteiger partial charge in [0.05, 0.1) is 21.6 Å². The number of hydrogen-bond donors (Lipinski definition) is 1. The monoisotopic (exact) mass is 431 g/mol. The number of nitrogens with two attached hydrogens (primary N) is 1. The van der Waals surface area contributed by atoms with Crippen LogP contribution in [0.4, 0.5) is 18.9 Å². The minimum Gasteiger partial charge on any atom is -0.406 e. The number of nitrogen functional groups attached to an aromatic ring is 1. The van der Waals surface area contributed by atoms with Crippen LogP contribution >= 0.6 is 0 Å². The fourth-order valence-electron chi connectivity index (χ4n) is 2.65. The van der Waals surface area contributed by atoms with E-state index in [1.54, 1.807) is 0 Å². The fraction of sp³-hybridized carbons (Fsp3) is 0.294. The van der Waals surface area contributed by atoms with E-state index in [0.717, 1.165) is 36.5 Å². The number of sulfone groups is 1. The summed E-state index contributed by atoms with van der Waals surface area (Å²) in [5, 5.41) is 0. The van der Waals surface area contributed by atoms with Gasteiger partial charge in [-0.25, -0.2) is 13.4 Å². The van der Waals surface area contributed by atoms with Gasteiger partial charge in [-0.15, -0.1) is 13.2 Å². The van der Waals surface area contributed by atoms with E-state index in [-0.39, 0.29) is 27.3 Å². The predicted octanol–water partition coefficient (Wildman–Crippen LogP) is 1.87. The number of amides is 1. The van der Waals surface area contributed by atoms with Crippen LogP contribution in [0.5, 0.6) is 5.75 Å². The summed E-state index contributed by atoms with van der Waals surface area (Å²) in [4.78, 5) is 17.1. The van der Waals surface area contributed by atoms with E-state index in [9.17, 15) is 26.4 Å². The Labute approximate surface area is 164 Å². The van der Waals surface area contributed by atoms with Crippen molar-refractivity contribution in [1.29, 1.82) is 0 Å². The molecule has 1 amide bonds. The van der Waals surface area contributed by atoms with E-state index in [1.807, 2.05) is 0 Å². The third kappa shape index (κ3) is 4.43. The lowest BCUT2D eigenvalue weighted by Crippen LogP contribution is -2.54. The summed E-state index contributed by atoms with van der Waals surface area (Å²) in [5.41, 5.74) is 5.60. The molecular formula is C17H16F3N3O5S. The first-order valence-corrected chi connectivity index (χ1v) is 9.68. The Morgan fingerprint density at radius 2 is 1.83 bits per heavy atom. The maximum Gasteiger partial charge on any atom is 0.573 e. The highest BCUT2D eigenvalue weighted by Crippen LogP contribution is 2.28. The van der Waals surface area contributed by atoms with Crippen LogP contribution < -0.4 is 10.5 Å². The number of carbonyl (C=O) groups is 1. The summed E-state index contributed by atoms with van der Waals surface area (Å²) in [6.45, 7) is 0.756. The topological polar surface area (TPSA) is 112 Å². The zero-order valence-corrected chi connectivity index (χ0v) is 15.8. The maximum atomic E-state index is 12.7. The minimum absolute atomic E-state index is 0.0656. The molecular weight excluding hydrogens is 415 g/mol. The zero-order valence-electron chi connectivity index (χ0n) is 15.0. The van der Waals surface area contributed by atoms with Crippen molar-refractivity contribution in [3.05, 3.63) is 42.2 Å². The first kappa shape index (κ1) is 20.9. The van der Waals surface area contributed by atoms with Crippen LogP contribution in [0, 0.1) is 0 Å². The summed E-state index contributed by atoms with van der Waals surface area (Å²) in [5.74, 6) is -1.01. The summed E-state index contributed by atoms with van der Waals surface area (Å²) < 4.78 is 70.8. The van der Waals surface area contributed by atoms with Gasteiger partial charge in [-0.05, 0) is 30.3 Å². The average molecular weight is 431 g/mol. The van der Waals surface area contributed by atoms with Crippen molar-refractivity contribution >= 4 is 21.4 Å². The molecule has 1 aliphatic rings. The Bertz CT molecular complexity index is 1020. The zero-order chi connectivity index (χ0) is 21.4. The van der Waals surface area contributed by atoms with Gasteiger partial charge in [0.25, 0.3) is 5.91 Å². The summed E-state index contributed by atoms with van der Waals surface area (Å²) in [6.07, 6.45) is -3.97. The molecule has 1 aromatic carbocycles. The second-order valence-electron chi connectivity index (χ2n) is 6.20. The first-order chi connectivity index (χ1) is 13.5. The molecule has 1 aliphatic heterocycles. The number of rotatable bonds is 5. The molecule has 0 saturated carbocycles. The van der Waals surface area contributed by atoms with Crippen LogP contribution in [0.3, 0.4) is 0 Å². The Balaban J connectivity index is 1.81. The first-order valence-electron chi connectivity index (χ1n) is 8.20. The molecule has 1 aromatic heterocycles. The number of anilines is 1. The Kier molecular flexibility index (Phi) is 5.41. The van der Waals surface area contributed by atoms with Crippen LogP contribution in [0.25, 0.3) is 0 Å². The molecule has 1 fully saturated rings. The highest BCUT2D eigenvalue weighted by molar-refractivity contribution is 7.91. The molecule has 0 radical (unpaired) electrons. The van der Waals surface area contributed by atoms with Gasteiger partial charge in [0, 0.05) is 26.4 Å². The Hall–Kier alpha value is -2.86. The molecule has 2 heterocycles. The molecule has 0 atom stereocenters. The number of likely N-dealkylation sites (tertiary alicyclic amines) is 1. The molecule has 1 saturated heterocycles. The van der Waals surface area contributed by atoms with Crippen molar-refractivity contribution in [2.45, 2.75) is 22.3 Å². The molecule has 0 aliphatic carbocycles. The molecule has 2 aromatic rings. The number of nitrogens with zero attached hydrogens (tertiary/aromatic N) is 2. The molecule has 156 valence electrons. The number of hydrogen-bond acceptors (Lipinski definition) is 7. The van der Waals surface area contributed by atoms with Gasteiger partial charge in [0.2, 0.25) is 9.84 Å². The fourth-order valence-corrected chi connectivity index (χ4v) is 3.89. The van der Waals surface area contributed by atoms with Crippen molar-refractivity contribution in [1.82, 2.24) is 9.88 Å². The molecule has 3 rings (SSSR count). The van der Waals surface area contributed by atoms with E-state index >= 15 is 0 Å². The molecule has 0 unspecified atom stereocenters. The number of aromatic nitrogens is 1. The van der Waals surface area contributed by atoms with E-state index < -0.39 is 27.9 Å². The highest BCUT2D eigenvalue weighted by Gasteiger charge is 2.33. The van der Waals surface area contributed by atoms with Crippen LogP contribution in [-0.2, 0) is 14.6 Å². The molecule has 0 bridgehead atoms. The minimum atomic E-state index is -4.89. The predicted molar refractivity (Wildman–Crippen MR) is 93.9 cm³/mol. The average Bonchev–Trinajstić information content (AvgIpc) is 2.59. The summed E-state index contributed by atoms with van der Waals surface area (Å²) in [7, 11) is -2.58. The number of carbonyl (C=O) groups excluding carboxylic acids is 1. The van der Waals surface area contributed by atoms with Gasteiger partial charge in [-0.3, -0.25) is 4.79 Å².